The molecule has 9 heteroatoms. The maximum atomic E-state index is 12.5. The molecular weight excluding hydrogens is 360 g/mol. The summed E-state index contributed by atoms with van der Waals surface area (Å²) >= 11 is 0. The van der Waals surface area contributed by atoms with Crippen LogP contribution in [0, 0.1) is 0 Å². The second kappa shape index (κ2) is 7.63. The molecule has 0 saturated carbocycles. The van der Waals surface area contributed by atoms with Gasteiger partial charge in [0.05, 0.1) is 17.3 Å². The number of aromatic nitrogens is 4. The monoisotopic (exact) mass is 380 g/mol. The molecule has 0 radical (unpaired) electrons. The van der Waals surface area contributed by atoms with Crippen molar-refractivity contribution >= 4 is 22.6 Å². The number of hydrogen-bond acceptors (Lipinski definition) is 6. The highest BCUT2D eigenvalue weighted by atomic mass is 16.2. The quantitative estimate of drug-likeness (QED) is 0.694. The van der Waals surface area contributed by atoms with Crippen LogP contribution in [0.25, 0.3) is 10.8 Å². The zero-order valence-corrected chi connectivity index (χ0v) is 15.2. The summed E-state index contributed by atoms with van der Waals surface area (Å²) in [5, 5.41) is 3.27. The topological polar surface area (TPSA) is 104 Å². The Hall–Kier alpha value is -3.49. The fourth-order valence-electron chi connectivity index (χ4n) is 3.38. The van der Waals surface area contributed by atoms with Crippen molar-refractivity contribution in [2.24, 2.45) is 0 Å². The van der Waals surface area contributed by atoms with Crippen LogP contribution in [-0.4, -0.2) is 56.7 Å². The van der Waals surface area contributed by atoms with Gasteiger partial charge >= 0.3 is 0 Å². The molecule has 4 rings (SSSR count). The molecular formula is C19H20N6O3. The van der Waals surface area contributed by atoms with Crippen LogP contribution in [0.5, 0.6) is 0 Å². The van der Waals surface area contributed by atoms with Gasteiger partial charge in [-0.1, -0.05) is 12.1 Å². The Morgan fingerprint density at radius 3 is 2.36 bits per heavy atom. The second-order valence-electron chi connectivity index (χ2n) is 6.61. The van der Waals surface area contributed by atoms with Gasteiger partial charge in [0.25, 0.3) is 11.1 Å². The molecule has 1 aromatic carbocycles. The molecule has 0 atom stereocenters. The van der Waals surface area contributed by atoms with Gasteiger partial charge in [-0.3, -0.25) is 19.5 Å². The van der Waals surface area contributed by atoms with Gasteiger partial charge < -0.3 is 9.80 Å². The number of hydrogen-bond donors (Lipinski definition) is 1. The van der Waals surface area contributed by atoms with Crippen molar-refractivity contribution in [2.75, 3.05) is 31.1 Å². The highest BCUT2D eigenvalue weighted by molar-refractivity contribution is 5.80. The molecule has 1 amide bonds. The van der Waals surface area contributed by atoms with E-state index in [1.807, 2.05) is 4.90 Å². The summed E-state index contributed by atoms with van der Waals surface area (Å²) in [7, 11) is 0. The number of fused-ring (bicyclic) bond motifs is 1. The Balaban J connectivity index is 1.39. The smallest absolute Gasteiger partial charge is 0.273 e. The van der Waals surface area contributed by atoms with Gasteiger partial charge in [0.15, 0.2) is 0 Å². The van der Waals surface area contributed by atoms with Crippen molar-refractivity contribution in [3.05, 3.63) is 63.4 Å². The third-order valence-corrected chi connectivity index (χ3v) is 4.90. The van der Waals surface area contributed by atoms with E-state index in [-0.39, 0.29) is 30.0 Å². The number of H-pyrrole nitrogens is 1. The van der Waals surface area contributed by atoms with Gasteiger partial charge in [-0.2, -0.15) is 0 Å². The van der Waals surface area contributed by atoms with Gasteiger partial charge in [-0.25, -0.2) is 14.6 Å². The van der Waals surface area contributed by atoms with E-state index in [4.69, 9.17) is 0 Å². The molecule has 0 bridgehead atoms. The number of rotatable bonds is 4. The first-order valence-corrected chi connectivity index (χ1v) is 9.15. The molecule has 28 heavy (non-hydrogen) atoms. The van der Waals surface area contributed by atoms with Crippen molar-refractivity contribution in [1.29, 1.82) is 0 Å². The lowest BCUT2D eigenvalue weighted by Gasteiger charge is -2.34. The zero-order chi connectivity index (χ0) is 19.5. The number of nitrogens with one attached hydrogen (secondary N) is 1. The van der Waals surface area contributed by atoms with Crippen LogP contribution in [0.4, 0.5) is 5.95 Å². The minimum atomic E-state index is -0.334. The standard InChI is InChI=1S/C19H20N6O3/c26-16(23-10-12-24(13-11-23)19-20-7-3-8-21-19)6-9-25-18(28)15-5-2-1-4-14(15)17(27)22-25/h1-5,7-8H,6,9-13H2,(H,22,27). The van der Waals surface area contributed by atoms with Gasteiger partial charge in [0, 0.05) is 45.0 Å². The van der Waals surface area contributed by atoms with Gasteiger partial charge in [-0.05, 0) is 18.2 Å². The van der Waals surface area contributed by atoms with E-state index in [0.29, 0.717) is 42.9 Å². The van der Waals surface area contributed by atoms with E-state index in [0.717, 1.165) is 0 Å². The van der Waals surface area contributed by atoms with E-state index in [1.165, 1.54) is 4.68 Å². The summed E-state index contributed by atoms with van der Waals surface area (Å²) in [6.07, 6.45) is 3.54. The van der Waals surface area contributed by atoms with E-state index in [2.05, 4.69) is 15.1 Å². The minimum Gasteiger partial charge on any atom is -0.339 e. The Labute approximate surface area is 160 Å². The molecule has 2 aromatic heterocycles. The molecule has 1 saturated heterocycles. The normalized spacial score (nSPS) is 14.4. The van der Waals surface area contributed by atoms with Crippen molar-refractivity contribution in [3.63, 3.8) is 0 Å². The predicted molar refractivity (Wildman–Crippen MR) is 104 cm³/mol. The van der Waals surface area contributed by atoms with Crippen LogP contribution in [0.3, 0.4) is 0 Å². The lowest BCUT2D eigenvalue weighted by Crippen LogP contribution is -2.49. The van der Waals surface area contributed by atoms with Crippen molar-refractivity contribution in [1.82, 2.24) is 24.6 Å². The van der Waals surface area contributed by atoms with Gasteiger partial charge in [0.2, 0.25) is 11.9 Å². The molecule has 3 aromatic rings. The number of benzene rings is 1. The number of aryl methyl sites for hydroxylation is 1. The first-order valence-electron chi connectivity index (χ1n) is 9.15. The molecule has 9 nitrogen and oxygen atoms in total. The third kappa shape index (κ3) is 3.51. The Kier molecular flexibility index (Phi) is 4.88. The second-order valence-corrected chi connectivity index (χ2v) is 6.61. The molecule has 1 fully saturated rings. The summed E-state index contributed by atoms with van der Waals surface area (Å²) < 4.78 is 1.22. The summed E-state index contributed by atoms with van der Waals surface area (Å²) in [6.45, 7) is 2.59. The number of carbonyl (C=O) groups is 1. The first kappa shape index (κ1) is 17.9. The molecule has 144 valence electrons. The summed E-state index contributed by atoms with van der Waals surface area (Å²) in [5.74, 6) is 0.615. The number of nitrogens with zero attached hydrogens (tertiary/aromatic N) is 5. The molecule has 1 aliphatic heterocycles. The first-order chi connectivity index (χ1) is 13.6. The average Bonchev–Trinajstić information content (AvgIpc) is 2.76. The maximum Gasteiger partial charge on any atom is 0.273 e. The van der Waals surface area contributed by atoms with Crippen molar-refractivity contribution in [3.8, 4) is 0 Å². The Morgan fingerprint density at radius 1 is 0.964 bits per heavy atom. The van der Waals surface area contributed by atoms with Crippen molar-refractivity contribution in [2.45, 2.75) is 13.0 Å². The van der Waals surface area contributed by atoms with E-state index >= 15 is 0 Å². The van der Waals surface area contributed by atoms with Crippen LogP contribution in [-0.2, 0) is 11.3 Å². The molecule has 0 unspecified atom stereocenters. The fourth-order valence-corrected chi connectivity index (χ4v) is 3.38. The highest BCUT2D eigenvalue weighted by Gasteiger charge is 2.22. The molecule has 3 heterocycles. The summed E-state index contributed by atoms with van der Waals surface area (Å²) in [4.78, 5) is 49.5. The van der Waals surface area contributed by atoms with Crippen LogP contribution in [0.1, 0.15) is 6.42 Å². The largest absolute Gasteiger partial charge is 0.339 e. The lowest BCUT2D eigenvalue weighted by molar-refractivity contribution is -0.131. The van der Waals surface area contributed by atoms with Crippen molar-refractivity contribution < 1.29 is 4.79 Å². The summed E-state index contributed by atoms with van der Waals surface area (Å²) in [6, 6.07) is 8.43. The van der Waals surface area contributed by atoms with E-state index < -0.39 is 0 Å². The number of amides is 1. The number of aromatic amines is 1. The predicted octanol–water partition coefficient (Wildman–Crippen LogP) is 0.219. The number of anilines is 1. The molecule has 0 aliphatic carbocycles. The Morgan fingerprint density at radius 2 is 1.64 bits per heavy atom. The fraction of sp³-hybridized carbons (Fsp3) is 0.316. The number of piperazine rings is 1. The van der Waals surface area contributed by atoms with Crippen LogP contribution < -0.4 is 16.0 Å². The minimum absolute atomic E-state index is 0.0467. The molecule has 0 spiro atoms. The van der Waals surface area contributed by atoms with Crippen LogP contribution in [0.15, 0.2) is 52.3 Å². The van der Waals surface area contributed by atoms with Crippen LogP contribution in [0.2, 0.25) is 0 Å². The van der Waals surface area contributed by atoms with Crippen LogP contribution >= 0.6 is 0 Å². The van der Waals surface area contributed by atoms with Gasteiger partial charge in [-0.15, -0.1) is 0 Å². The molecule has 1 aliphatic rings. The zero-order valence-electron chi connectivity index (χ0n) is 15.2. The van der Waals surface area contributed by atoms with Gasteiger partial charge in [0.1, 0.15) is 0 Å². The van der Waals surface area contributed by atoms with E-state index in [1.54, 1.807) is 47.6 Å². The summed E-state index contributed by atoms with van der Waals surface area (Å²) in [5.41, 5.74) is -0.631. The maximum absolute atomic E-state index is 12.5. The third-order valence-electron chi connectivity index (χ3n) is 4.90. The molecule has 1 N–H and O–H groups in total. The highest BCUT2D eigenvalue weighted by Crippen LogP contribution is 2.10. The SMILES string of the molecule is O=C(CCn1[nH]c(=O)c2ccccc2c1=O)N1CCN(c2ncccn2)CC1. The Bertz CT molecular complexity index is 1100. The lowest BCUT2D eigenvalue weighted by atomic mass is 10.2. The number of carbonyl (C=O) groups excluding carboxylic acids is 1. The average molecular weight is 380 g/mol. The van der Waals surface area contributed by atoms with E-state index in [9.17, 15) is 14.4 Å².